The van der Waals surface area contributed by atoms with Crippen molar-refractivity contribution in [3.63, 3.8) is 0 Å². The summed E-state index contributed by atoms with van der Waals surface area (Å²) in [4.78, 5) is 40.6. The van der Waals surface area contributed by atoms with Crippen LogP contribution in [0.4, 0.5) is 4.79 Å². The molecule has 0 radical (unpaired) electrons. The molecule has 3 saturated heterocycles. The lowest BCUT2D eigenvalue weighted by Crippen LogP contribution is -2.55. The molecule has 0 unspecified atom stereocenters. The molecule has 2 bridgehead atoms. The summed E-state index contributed by atoms with van der Waals surface area (Å²) >= 11 is 0. The lowest BCUT2D eigenvalue weighted by molar-refractivity contribution is -0.377. The van der Waals surface area contributed by atoms with Crippen LogP contribution in [0.5, 0.6) is 0 Å². The van der Waals surface area contributed by atoms with E-state index >= 15 is 0 Å². The normalized spacial score (nSPS) is 23.2. The van der Waals surface area contributed by atoms with Crippen molar-refractivity contribution in [1.29, 1.82) is 0 Å². The van der Waals surface area contributed by atoms with Gasteiger partial charge in [0.25, 0.3) is 5.91 Å². The Kier molecular flexibility index (Phi) is 7.95. The number of piperidine rings is 1. The van der Waals surface area contributed by atoms with Crippen LogP contribution in [-0.4, -0.2) is 72.6 Å². The highest BCUT2D eigenvalue weighted by molar-refractivity contribution is 7.80. The van der Waals surface area contributed by atoms with Gasteiger partial charge in [0.2, 0.25) is 16.3 Å². The van der Waals surface area contributed by atoms with E-state index in [1.54, 1.807) is 0 Å². The summed E-state index contributed by atoms with van der Waals surface area (Å²) in [6.45, 7) is 1.02. The van der Waals surface area contributed by atoms with E-state index < -0.39 is 34.4 Å². The van der Waals surface area contributed by atoms with Crippen molar-refractivity contribution >= 4 is 28.2 Å². The summed E-state index contributed by atoms with van der Waals surface area (Å²) in [6, 6.07) is 3.47. The molecule has 3 fully saturated rings. The molecule has 3 aliphatic heterocycles. The fourth-order valence-corrected chi connectivity index (χ4v) is 4.09. The van der Waals surface area contributed by atoms with Gasteiger partial charge in [0, 0.05) is 37.8 Å². The van der Waals surface area contributed by atoms with E-state index in [2.05, 4.69) is 20.1 Å². The second-order valence-electron chi connectivity index (χ2n) is 7.43. The zero-order valence-corrected chi connectivity index (χ0v) is 18.0. The van der Waals surface area contributed by atoms with Gasteiger partial charge in [-0.1, -0.05) is 6.07 Å². The number of carbonyl (C=O) groups is 3. The molecule has 0 aliphatic carbocycles. The molecule has 14 heteroatoms. The Morgan fingerprint density at radius 2 is 1.72 bits per heavy atom. The number of H-pyrrole nitrogens is 1. The SMILES string of the molecule is O=C(NNC(=O)[C@@H]1CC[C@@H]2CN1C(=O)N2OS(=O)(=O)[O-])C1CCOCC1.c1cc[nH+]cc1. The average Bonchev–Trinajstić information content (AvgIpc) is 3.03. The molecule has 4 heterocycles. The first-order chi connectivity index (χ1) is 15.3. The summed E-state index contributed by atoms with van der Waals surface area (Å²) in [6.07, 6.45) is 5.40. The standard InChI is InChI=1S/C13H20N4O8S.C5H5N/c18-11(8-3-5-24-6-4-8)14-15-12(19)10-2-1-9-7-16(10)13(20)17(9)25-26(21,22)23;1-2-4-6-5-3-1/h8-10H,1-7H2,(H,14,18)(H,15,19)(H,21,22,23);1-5H/t9-,10+;/m1./s1. The number of hydroxylamine groups is 2. The number of aromatic amines is 1. The highest BCUT2D eigenvalue weighted by Gasteiger charge is 2.48. The second kappa shape index (κ2) is 10.7. The Hall–Kier alpha value is -2.81. The van der Waals surface area contributed by atoms with Crippen molar-refractivity contribution in [3.8, 4) is 0 Å². The highest BCUT2D eigenvalue weighted by atomic mass is 32.3. The topological polar surface area (TPSA) is 172 Å². The number of rotatable bonds is 4. The van der Waals surface area contributed by atoms with Gasteiger partial charge in [-0.25, -0.2) is 18.2 Å². The maximum absolute atomic E-state index is 12.3. The van der Waals surface area contributed by atoms with Crippen LogP contribution in [0.3, 0.4) is 0 Å². The molecule has 176 valence electrons. The van der Waals surface area contributed by atoms with Gasteiger partial charge in [0.1, 0.15) is 6.04 Å². The Bertz CT molecular complexity index is 882. The molecule has 2 atom stereocenters. The van der Waals surface area contributed by atoms with Gasteiger partial charge in [0.15, 0.2) is 12.4 Å². The third kappa shape index (κ3) is 6.35. The number of nitrogens with one attached hydrogen (secondary N) is 3. The van der Waals surface area contributed by atoms with Crippen molar-refractivity contribution in [2.24, 2.45) is 5.92 Å². The molecule has 4 rings (SSSR count). The molecule has 32 heavy (non-hydrogen) atoms. The number of carbonyl (C=O) groups excluding carboxylic acids is 3. The largest absolute Gasteiger partial charge is 0.724 e. The Morgan fingerprint density at radius 3 is 2.28 bits per heavy atom. The molecule has 4 amide bonds. The fraction of sp³-hybridized carbons (Fsp3) is 0.556. The van der Waals surface area contributed by atoms with E-state index in [9.17, 15) is 27.4 Å². The number of urea groups is 1. The van der Waals surface area contributed by atoms with Gasteiger partial charge in [-0.2, -0.15) is 9.35 Å². The van der Waals surface area contributed by atoms with Crippen molar-refractivity contribution in [3.05, 3.63) is 30.6 Å². The fourth-order valence-electron chi connectivity index (χ4n) is 3.71. The number of hydrogen-bond acceptors (Lipinski definition) is 8. The minimum atomic E-state index is -5.09. The molecule has 3 N–H and O–H groups in total. The van der Waals surface area contributed by atoms with E-state index in [-0.39, 0.29) is 31.2 Å². The minimum absolute atomic E-state index is 0.0559. The number of ether oxygens (including phenoxy) is 1. The van der Waals surface area contributed by atoms with Crippen LogP contribution in [0.25, 0.3) is 0 Å². The van der Waals surface area contributed by atoms with Crippen LogP contribution < -0.4 is 15.8 Å². The van der Waals surface area contributed by atoms with Crippen LogP contribution in [0.2, 0.25) is 0 Å². The van der Waals surface area contributed by atoms with Crippen LogP contribution in [-0.2, 0) is 29.0 Å². The Morgan fingerprint density at radius 1 is 1.06 bits per heavy atom. The molecule has 3 aliphatic rings. The first kappa shape index (κ1) is 23.8. The number of pyridine rings is 1. The van der Waals surface area contributed by atoms with Crippen molar-refractivity contribution in [2.45, 2.75) is 37.8 Å². The van der Waals surface area contributed by atoms with E-state index in [0.717, 1.165) is 4.90 Å². The van der Waals surface area contributed by atoms with Gasteiger partial charge in [-0.15, -0.1) is 0 Å². The summed E-state index contributed by atoms with van der Waals surface area (Å²) in [7, 11) is -5.09. The van der Waals surface area contributed by atoms with Crippen LogP contribution in [0.1, 0.15) is 25.7 Å². The van der Waals surface area contributed by atoms with Gasteiger partial charge in [-0.3, -0.25) is 20.4 Å². The first-order valence-electron chi connectivity index (χ1n) is 10.1. The van der Waals surface area contributed by atoms with Crippen molar-refractivity contribution in [1.82, 2.24) is 20.8 Å². The number of hydrogen-bond donors (Lipinski definition) is 2. The van der Waals surface area contributed by atoms with Crippen LogP contribution >= 0.6 is 0 Å². The molecular weight excluding hydrogens is 446 g/mol. The number of aromatic nitrogens is 1. The smallest absolute Gasteiger partial charge is 0.346 e. The van der Waals surface area contributed by atoms with E-state index in [1.165, 1.54) is 0 Å². The van der Waals surface area contributed by atoms with Crippen molar-refractivity contribution in [2.75, 3.05) is 19.8 Å². The number of hydrazine groups is 1. The number of fused-ring (bicyclic) bond motifs is 2. The zero-order valence-electron chi connectivity index (χ0n) is 17.1. The second-order valence-corrected chi connectivity index (χ2v) is 8.40. The monoisotopic (exact) mass is 471 g/mol. The van der Waals surface area contributed by atoms with Crippen LogP contribution in [0, 0.1) is 5.92 Å². The van der Waals surface area contributed by atoms with Gasteiger partial charge in [-0.05, 0) is 25.7 Å². The predicted octanol–water partition coefficient (Wildman–Crippen LogP) is -1.28. The summed E-state index contributed by atoms with van der Waals surface area (Å²) in [5, 5.41) is 0.496. The molecule has 1 aromatic heterocycles. The van der Waals surface area contributed by atoms with Crippen LogP contribution in [0.15, 0.2) is 30.6 Å². The molecule has 1 aromatic rings. The molecule has 0 aromatic carbocycles. The minimum Gasteiger partial charge on any atom is -0.724 e. The summed E-state index contributed by atoms with van der Waals surface area (Å²) < 4.78 is 41.6. The zero-order chi connectivity index (χ0) is 23.1. The maximum atomic E-state index is 12.3. The van der Waals surface area contributed by atoms with Gasteiger partial charge < -0.3 is 14.2 Å². The predicted molar refractivity (Wildman–Crippen MR) is 104 cm³/mol. The van der Waals surface area contributed by atoms with E-state index in [1.807, 2.05) is 30.6 Å². The lowest BCUT2D eigenvalue weighted by Gasteiger charge is -2.29. The quantitative estimate of drug-likeness (QED) is 0.310. The highest BCUT2D eigenvalue weighted by Crippen LogP contribution is 2.30. The molecule has 13 nitrogen and oxygen atoms in total. The number of nitrogens with zero attached hydrogens (tertiary/aromatic N) is 2. The van der Waals surface area contributed by atoms with Gasteiger partial charge in [0.05, 0.1) is 6.04 Å². The first-order valence-corrected chi connectivity index (χ1v) is 11.4. The lowest BCUT2D eigenvalue weighted by atomic mass is 9.99. The maximum Gasteiger partial charge on any atom is 0.346 e. The Labute approximate surface area is 184 Å². The van der Waals surface area contributed by atoms with Gasteiger partial charge >= 0.3 is 6.03 Å². The average molecular weight is 471 g/mol. The van der Waals surface area contributed by atoms with E-state index in [0.29, 0.717) is 31.1 Å². The third-order valence-electron chi connectivity index (χ3n) is 5.31. The third-order valence-corrected chi connectivity index (χ3v) is 5.65. The summed E-state index contributed by atoms with van der Waals surface area (Å²) in [5.74, 6) is -1.17. The van der Waals surface area contributed by atoms with Crippen molar-refractivity contribution < 1.29 is 41.4 Å². The molecule has 0 saturated carbocycles. The Balaban J connectivity index is 0.000000416. The number of amides is 4. The summed E-state index contributed by atoms with van der Waals surface area (Å²) in [5.41, 5.74) is 4.65. The molecule has 0 spiro atoms. The van der Waals surface area contributed by atoms with E-state index in [4.69, 9.17) is 4.74 Å². The molecular formula is C18H25N5O8S.